The van der Waals surface area contributed by atoms with Crippen molar-refractivity contribution in [1.82, 2.24) is 15.3 Å². The molecule has 106 valence electrons. The number of rotatable bonds is 4. The molecule has 1 aromatic carbocycles. The Kier molecular flexibility index (Phi) is 3.93. The molecule has 0 fully saturated rings. The van der Waals surface area contributed by atoms with E-state index in [1.165, 1.54) is 22.1 Å². The predicted octanol–water partition coefficient (Wildman–Crippen LogP) is 3.44. The van der Waals surface area contributed by atoms with Gasteiger partial charge in [-0.1, -0.05) is 18.2 Å². The van der Waals surface area contributed by atoms with Gasteiger partial charge in [0.05, 0.1) is 5.52 Å². The van der Waals surface area contributed by atoms with Gasteiger partial charge in [-0.2, -0.15) is 0 Å². The first kappa shape index (κ1) is 13.7. The minimum atomic E-state index is 0.254. The van der Waals surface area contributed by atoms with Gasteiger partial charge in [0.2, 0.25) is 0 Å². The van der Waals surface area contributed by atoms with E-state index in [1.807, 2.05) is 31.7 Å². The van der Waals surface area contributed by atoms with Crippen LogP contribution in [0.2, 0.25) is 0 Å². The molecule has 3 nitrogen and oxygen atoms in total. The van der Waals surface area contributed by atoms with Crippen molar-refractivity contribution in [2.75, 3.05) is 7.05 Å². The van der Waals surface area contributed by atoms with Gasteiger partial charge in [-0.05, 0) is 55.3 Å². The van der Waals surface area contributed by atoms with Gasteiger partial charge in [0, 0.05) is 30.0 Å². The Morgan fingerprint density at radius 3 is 2.76 bits per heavy atom. The topological polar surface area (TPSA) is 37.8 Å². The van der Waals surface area contributed by atoms with Gasteiger partial charge < -0.3 is 5.32 Å². The highest BCUT2D eigenvalue weighted by molar-refractivity contribution is 5.81. The Balaban J connectivity index is 1.98. The number of para-hydroxylation sites is 1. The summed E-state index contributed by atoms with van der Waals surface area (Å²) in [5, 5.41) is 4.64. The molecular weight excluding hydrogens is 258 g/mol. The number of aryl methyl sites for hydroxylation is 1. The number of nitrogens with zero attached hydrogens (tertiary/aromatic N) is 2. The summed E-state index contributed by atoms with van der Waals surface area (Å²) in [6.45, 7) is 2.13. The monoisotopic (exact) mass is 277 g/mol. The van der Waals surface area contributed by atoms with Crippen molar-refractivity contribution < 1.29 is 0 Å². The summed E-state index contributed by atoms with van der Waals surface area (Å²) in [5.74, 6) is 0. The summed E-state index contributed by atoms with van der Waals surface area (Å²) < 4.78 is 0. The van der Waals surface area contributed by atoms with Crippen molar-refractivity contribution in [2.24, 2.45) is 0 Å². The molecule has 0 spiro atoms. The lowest BCUT2D eigenvalue weighted by molar-refractivity contribution is 0.588. The van der Waals surface area contributed by atoms with E-state index in [9.17, 15) is 0 Å². The average molecular weight is 277 g/mol. The molecule has 2 aromatic heterocycles. The SMILES string of the molecule is CNC(Cc1ccnc2ccccc12)c1cnccc1C. The van der Waals surface area contributed by atoms with Crippen molar-refractivity contribution in [1.29, 1.82) is 0 Å². The van der Waals surface area contributed by atoms with Crippen LogP contribution in [-0.2, 0) is 6.42 Å². The quantitative estimate of drug-likeness (QED) is 0.794. The van der Waals surface area contributed by atoms with Crippen LogP contribution < -0.4 is 5.32 Å². The minimum absolute atomic E-state index is 0.254. The van der Waals surface area contributed by atoms with Gasteiger partial charge in [-0.25, -0.2) is 0 Å². The van der Waals surface area contributed by atoms with Crippen LogP contribution in [0.25, 0.3) is 10.9 Å². The molecule has 0 aliphatic rings. The highest BCUT2D eigenvalue weighted by atomic mass is 14.9. The van der Waals surface area contributed by atoms with Crippen molar-refractivity contribution in [2.45, 2.75) is 19.4 Å². The second kappa shape index (κ2) is 6.02. The lowest BCUT2D eigenvalue weighted by atomic mass is 9.95. The molecule has 21 heavy (non-hydrogen) atoms. The maximum atomic E-state index is 4.43. The molecule has 3 rings (SSSR count). The molecular formula is C18H19N3. The fourth-order valence-corrected chi connectivity index (χ4v) is 2.76. The summed E-state index contributed by atoms with van der Waals surface area (Å²) in [7, 11) is 2.00. The normalized spacial score (nSPS) is 12.5. The summed E-state index contributed by atoms with van der Waals surface area (Å²) in [5.41, 5.74) is 4.87. The minimum Gasteiger partial charge on any atom is -0.313 e. The molecule has 1 atom stereocenters. The first-order valence-electron chi connectivity index (χ1n) is 7.20. The van der Waals surface area contributed by atoms with Gasteiger partial charge in [0.15, 0.2) is 0 Å². The van der Waals surface area contributed by atoms with Gasteiger partial charge in [-0.3, -0.25) is 9.97 Å². The Hall–Kier alpha value is -2.26. The number of aromatic nitrogens is 2. The van der Waals surface area contributed by atoms with E-state index in [-0.39, 0.29) is 6.04 Å². The smallest absolute Gasteiger partial charge is 0.0704 e. The van der Waals surface area contributed by atoms with Crippen molar-refractivity contribution in [3.8, 4) is 0 Å². The fourth-order valence-electron chi connectivity index (χ4n) is 2.76. The second-order valence-electron chi connectivity index (χ2n) is 5.26. The fraction of sp³-hybridized carbons (Fsp3) is 0.222. The Morgan fingerprint density at radius 1 is 1.10 bits per heavy atom. The zero-order valence-electron chi connectivity index (χ0n) is 12.4. The molecule has 0 aliphatic carbocycles. The van der Waals surface area contributed by atoms with E-state index in [1.54, 1.807) is 0 Å². The maximum absolute atomic E-state index is 4.43. The van der Waals surface area contributed by atoms with E-state index in [0.717, 1.165) is 11.9 Å². The van der Waals surface area contributed by atoms with Gasteiger partial charge in [0.1, 0.15) is 0 Å². The highest BCUT2D eigenvalue weighted by Gasteiger charge is 2.14. The maximum Gasteiger partial charge on any atom is 0.0704 e. The molecule has 1 N–H and O–H groups in total. The molecule has 0 saturated carbocycles. The van der Waals surface area contributed by atoms with E-state index >= 15 is 0 Å². The van der Waals surface area contributed by atoms with Crippen LogP contribution in [0, 0.1) is 6.92 Å². The number of hydrogen-bond acceptors (Lipinski definition) is 3. The van der Waals surface area contributed by atoms with E-state index < -0.39 is 0 Å². The van der Waals surface area contributed by atoms with Crippen molar-refractivity contribution in [3.05, 3.63) is 71.7 Å². The standard InChI is InChI=1S/C18H19N3/c1-13-7-9-20-12-16(13)18(19-2)11-14-8-10-21-17-6-4-3-5-15(14)17/h3-10,12,18-19H,11H2,1-2H3. The van der Waals surface area contributed by atoms with Crippen LogP contribution in [0.15, 0.2) is 55.0 Å². The first-order valence-corrected chi connectivity index (χ1v) is 7.20. The highest BCUT2D eigenvalue weighted by Crippen LogP contribution is 2.24. The summed E-state index contributed by atoms with van der Waals surface area (Å²) in [4.78, 5) is 8.70. The predicted molar refractivity (Wildman–Crippen MR) is 86.2 cm³/mol. The van der Waals surface area contributed by atoms with Crippen LogP contribution in [0.4, 0.5) is 0 Å². The van der Waals surface area contributed by atoms with Crippen LogP contribution in [-0.4, -0.2) is 17.0 Å². The molecule has 3 aromatic rings. The van der Waals surface area contributed by atoms with E-state index in [4.69, 9.17) is 0 Å². The number of fused-ring (bicyclic) bond motifs is 1. The lowest BCUT2D eigenvalue weighted by Gasteiger charge is -2.19. The number of benzene rings is 1. The van der Waals surface area contributed by atoms with E-state index in [2.05, 4.69) is 52.5 Å². The number of pyridine rings is 2. The third-order valence-corrected chi connectivity index (χ3v) is 3.97. The Bertz CT molecular complexity index is 747. The zero-order chi connectivity index (χ0) is 14.7. The summed E-state index contributed by atoms with van der Waals surface area (Å²) in [6.07, 6.45) is 6.61. The molecule has 0 bridgehead atoms. The second-order valence-corrected chi connectivity index (χ2v) is 5.26. The van der Waals surface area contributed by atoms with E-state index in [0.29, 0.717) is 0 Å². The largest absolute Gasteiger partial charge is 0.313 e. The molecule has 0 aliphatic heterocycles. The summed E-state index contributed by atoms with van der Waals surface area (Å²) >= 11 is 0. The van der Waals surface area contributed by atoms with Crippen molar-refractivity contribution >= 4 is 10.9 Å². The van der Waals surface area contributed by atoms with Gasteiger partial charge in [-0.15, -0.1) is 0 Å². The first-order chi connectivity index (χ1) is 10.3. The zero-order valence-corrected chi connectivity index (χ0v) is 12.4. The molecule has 0 saturated heterocycles. The summed E-state index contributed by atoms with van der Waals surface area (Å²) in [6, 6.07) is 12.7. The van der Waals surface area contributed by atoms with Gasteiger partial charge in [0.25, 0.3) is 0 Å². The number of nitrogens with one attached hydrogen (secondary N) is 1. The van der Waals surface area contributed by atoms with Crippen LogP contribution in [0.5, 0.6) is 0 Å². The molecule has 2 heterocycles. The number of likely N-dealkylation sites (N-methyl/N-ethyl adjacent to an activating group) is 1. The Labute approximate surface area is 125 Å². The average Bonchev–Trinajstić information content (AvgIpc) is 2.53. The molecule has 0 radical (unpaired) electrons. The molecule has 1 unspecified atom stereocenters. The third kappa shape index (κ3) is 2.78. The van der Waals surface area contributed by atoms with Crippen LogP contribution in [0.1, 0.15) is 22.7 Å². The van der Waals surface area contributed by atoms with Gasteiger partial charge >= 0.3 is 0 Å². The van der Waals surface area contributed by atoms with Crippen molar-refractivity contribution in [3.63, 3.8) is 0 Å². The lowest BCUT2D eigenvalue weighted by Crippen LogP contribution is -2.20. The number of hydrogen-bond donors (Lipinski definition) is 1. The molecule has 3 heteroatoms. The van der Waals surface area contributed by atoms with Crippen LogP contribution >= 0.6 is 0 Å². The Morgan fingerprint density at radius 2 is 1.95 bits per heavy atom. The third-order valence-electron chi connectivity index (χ3n) is 3.97. The molecule has 0 amide bonds. The van der Waals surface area contributed by atoms with Crippen LogP contribution in [0.3, 0.4) is 0 Å².